The Bertz CT molecular complexity index is 2830. The van der Waals surface area contributed by atoms with E-state index < -0.39 is 0 Å². The first-order valence-corrected chi connectivity index (χ1v) is 15.3. The van der Waals surface area contributed by atoms with E-state index in [1.165, 1.54) is 0 Å². The van der Waals surface area contributed by atoms with Gasteiger partial charge in [0.25, 0.3) is 0 Å². The second-order valence-electron chi connectivity index (χ2n) is 11.4. The van der Waals surface area contributed by atoms with E-state index in [-0.39, 0.29) is 21.1 Å². The quantitative estimate of drug-likeness (QED) is 0.131. The molecule has 0 spiro atoms. The third-order valence-electron chi connectivity index (χ3n) is 8.77. The molecule has 6 aromatic heterocycles. The van der Waals surface area contributed by atoms with E-state index in [1.807, 2.05) is 77.6 Å². The Kier molecular flexibility index (Phi) is 6.56. The van der Waals surface area contributed by atoms with E-state index >= 15 is 0 Å². The monoisotopic (exact) mass is 797 g/mol. The van der Waals surface area contributed by atoms with Gasteiger partial charge in [-0.05, 0) is 28.5 Å². The fourth-order valence-corrected chi connectivity index (χ4v) is 6.63. The molecule has 0 amide bonds. The second kappa shape index (κ2) is 11.1. The summed E-state index contributed by atoms with van der Waals surface area (Å²) in [5.74, 6) is 1.14. The molecule has 0 saturated heterocycles. The SMILES string of the molecule is [Pt+2].[c-]1c(Oc2[c-]c3c(cc2)c2ccc(-c4ccccc4)nc2n2c(-c4ccccc4)cnc32)ccc2c1c1nccn1c1cnccc21. The van der Waals surface area contributed by atoms with E-state index in [0.29, 0.717) is 11.5 Å². The number of imidazole rings is 2. The van der Waals surface area contributed by atoms with Crippen molar-refractivity contribution < 1.29 is 25.8 Å². The van der Waals surface area contributed by atoms with Crippen molar-refractivity contribution in [2.75, 3.05) is 0 Å². The smallest absolute Gasteiger partial charge is 0.497 e. The van der Waals surface area contributed by atoms with Crippen LogP contribution in [-0.2, 0) is 21.1 Å². The van der Waals surface area contributed by atoms with Crippen LogP contribution in [0.2, 0.25) is 0 Å². The molecule has 4 aromatic carbocycles. The van der Waals surface area contributed by atoms with E-state index in [4.69, 9.17) is 14.7 Å². The average molecular weight is 798 g/mol. The summed E-state index contributed by atoms with van der Waals surface area (Å²) in [6.45, 7) is 0. The molecule has 228 valence electrons. The van der Waals surface area contributed by atoms with Crippen LogP contribution in [0.15, 0.2) is 134 Å². The maximum atomic E-state index is 6.45. The summed E-state index contributed by atoms with van der Waals surface area (Å²) in [6, 6.07) is 41.8. The van der Waals surface area contributed by atoms with Crippen molar-refractivity contribution >= 4 is 54.8 Å². The summed E-state index contributed by atoms with van der Waals surface area (Å²) >= 11 is 0. The van der Waals surface area contributed by atoms with Gasteiger partial charge in [-0.25, -0.2) is 4.98 Å². The van der Waals surface area contributed by atoms with Crippen LogP contribution in [0.4, 0.5) is 0 Å². The molecular weight excluding hydrogens is 776 g/mol. The van der Waals surface area contributed by atoms with Crippen LogP contribution >= 0.6 is 0 Å². The first-order valence-electron chi connectivity index (χ1n) is 15.3. The number of fused-ring (bicyclic) bond motifs is 12. The normalized spacial score (nSPS) is 11.6. The van der Waals surface area contributed by atoms with Gasteiger partial charge < -0.3 is 13.5 Å². The van der Waals surface area contributed by atoms with Gasteiger partial charge in [-0.1, -0.05) is 113 Å². The van der Waals surface area contributed by atoms with Crippen LogP contribution < -0.4 is 4.74 Å². The van der Waals surface area contributed by atoms with Crippen LogP contribution in [0.1, 0.15) is 0 Å². The van der Waals surface area contributed by atoms with Crippen molar-refractivity contribution in [2.24, 2.45) is 0 Å². The number of benzene rings is 4. The number of aromatic nitrogens is 6. The number of rotatable bonds is 4. The molecule has 0 aliphatic carbocycles. The Morgan fingerprint density at radius 3 is 2.02 bits per heavy atom. The number of ether oxygens (including phenoxy) is 1. The zero-order valence-electron chi connectivity index (χ0n) is 25.1. The molecule has 0 aliphatic rings. The fourth-order valence-electron chi connectivity index (χ4n) is 6.63. The Hall–Kier alpha value is -5.91. The molecule has 0 bridgehead atoms. The molecule has 48 heavy (non-hydrogen) atoms. The second-order valence-corrected chi connectivity index (χ2v) is 11.4. The van der Waals surface area contributed by atoms with Gasteiger partial charge in [0, 0.05) is 48.0 Å². The van der Waals surface area contributed by atoms with Crippen molar-refractivity contribution in [3.05, 3.63) is 146 Å². The zero-order valence-corrected chi connectivity index (χ0v) is 27.4. The molecule has 0 N–H and O–H groups in total. The van der Waals surface area contributed by atoms with E-state index in [0.717, 1.165) is 77.3 Å². The van der Waals surface area contributed by atoms with Gasteiger partial charge in [0.2, 0.25) is 0 Å². The van der Waals surface area contributed by atoms with E-state index in [2.05, 4.69) is 75.0 Å². The third-order valence-corrected chi connectivity index (χ3v) is 8.77. The minimum absolute atomic E-state index is 0. The minimum Gasteiger partial charge on any atom is -0.497 e. The summed E-state index contributed by atoms with van der Waals surface area (Å²) in [5.41, 5.74) is 7.36. The number of pyridine rings is 4. The number of hydrogen-bond donors (Lipinski definition) is 0. The van der Waals surface area contributed by atoms with Crippen LogP contribution in [0.5, 0.6) is 11.5 Å². The molecule has 10 rings (SSSR count). The molecule has 0 aliphatic heterocycles. The van der Waals surface area contributed by atoms with Crippen molar-refractivity contribution in [1.29, 1.82) is 0 Å². The zero-order chi connectivity index (χ0) is 30.9. The fraction of sp³-hybridized carbons (Fsp3) is 0. The molecule has 10 aromatic rings. The van der Waals surface area contributed by atoms with Crippen molar-refractivity contribution in [3.63, 3.8) is 0 Å². The third kappa shape index (κ3) is 4.32. The Labute approximate surface area is 288 Å². The minimum atomic E-state index is 0. The molecule has 0 radical (unpaired) electrons. The molecule has 0 fully saturated rings. The van der Waals surface area contributed by atoms with Crippen molar-refractivity contribution in [2.45, 2.75) is 0 Å². The van der Waals surface area contributed by atoms with Gasteiger partial charge >= 0.3 is 21.1 Å². The summed E-state index contributed by atoms with van der Waals surface area (Å²) in [4.78, 5) is 19.1. The van der Waals surface area contributed by atoms with Crippen LogP contribution in [0.3, 0.4) is 0 Å². The predicted octanol–water partition coefficient (Wildman–Crippen LogP) is 9.11. The average Bonchev–Trinajstić information content (AvgIpc) is 3.82. The Balaban J connectivity index is 0.00000314. The molecule has 0 saturated carbocycles. The Morgan fingerprint density at radius 2 is 1.25 bits per heavy atom. The number of hydrogen-bond acceptors (Lipinski definition) is 5. The van der Waals surface area contributed by atoms with Gasteiger partial charge in [-0.15, -0.1) is 12.1 Å². The van der Waals surface area contributed by atoms with E-state index in [1.54, 1.807) is 12.4 Å². The molecule has 0 unspecified atom stereocenters. The summed E-state index contributed by atoms with van der Waals surface area (Å²) < 4.78 is 10.6. The maximum absolute atomic E-state index is 6.45. The van der Waals surface area contributed by atoms with Crippen molar-refractivity contribution in [1.82, 2.24) is 28.7 Å². The maximum Gasteiger partial charge on any atom is 2.00 e. The standard InChI is InChI=1S/C40H22N6O.Pt/c1-3-7-25(8-4-1)35-16-15-32-30-14-12-28(22-34(30)39-43-24-36(46(39)40(32)44-35)26-9-5-2-6-10-26)47-27-11-13-29-31-17-18-41-23-37(31)45-20-19-42-38(45)33(29)21-27;/h1-20,23-24H;/q-2;+2. The van der Waals surface area contributed by atoms with Crippen LogP contribution in [0.25, 0.3) is 77.3 Å². The summed E-state index contributed by atoms with van der Waals surface area (Å²) in [7, 11) is 0. The van der Waals surface area contributed by atoms with Crippen LogP contribution in [0, 0.1) is 12.1 Å². The van der Waals surface area contributed by atoms with Crippen LogP contribution in [-0.4, -0.2) is 28.7 Å². The van der Waals surface area contributed by atoms with Gasteiger partial charge in [0.1, 0.15) is 5.65 Å². The molecule has 6 heterocycles. The van der Waals surface area contributed by atoms with Crippen molar-refractivity contribution in [3.8, 4) is 34.0 Å². The molecule has 0 atom stereocenters. The van der Waals surface area contributed by atoms with Gasteiger partial charge in [0.15, 0.2) is 0 Å². The molecule has 8 heteroatoms. The van der Waals surface area contributed by atoms with Gasteiger partial charge in [-0.3, -0.25) is 15.0 Å². The topological polar surface area (TPSA) is 69.6 Å². The predicted molar refractivity (Wildman–Crippen MR) is 185 cm³/mol. The summed E-state index contributed by atoms with van der Waals surface area (Å²) in [5, 5.41) is 5.84. The number of nitrogens with zero attached hydrogens (tertiary/aromatic N) is 6. The largest absolute Gasteiger partial charge is 2.00 e. The summed E-state index contributed by atoms with van der Waals surface area (Å²) in [6.07, 6.45) is 9.31. The Morgan fingerprint density at radius 1 is 0.562 bits per heavy atom. The molecular formula is C40H22N6OPt. The van der Waals surface area contributed by atoms with Gasteiger partial charge in [-0.2, -0.15) is 0 Å². The first-order chi connectivity index (χ1) is 23.3. The van der Waals surface area contributed by atoms with E-state index in [9.17, 15) is 0 Å². The molecule has 7 nitrogen and oxygen atoms in total. The van der Waals surface area contributed by atoms with Gasteiger partial charge in [0.05, 0.1) is 28.2 Å². The first kappa shape index (κ1) is 28.3.